The van der Waals surface area contributed by atoms with Crippen LogP contribution in [0.15, 0.2) is 18.2 Å². The zero-order valence-corrected chi connectivity index (χ0v) is 9.60. The molecule has 0 aliphatic heterocycles. The van der Waals surface area contributed by atoms with Crippen LogP contribution in [0, 0.1) is 0 Å². The van der Waals surface area contributed by atoms with Crippen LogP contribution in [-0.2, 0) is 4.74 Å². The van der Waals surface area contributed by atoms with E-state index in [1.54, 1.807) is 25.3 Å². The highest BCUT2D eigenvalue weighted by atomic mass is 35.5. The van der Waals surface area contributed by atoms with Gasteiger partial charge in [-0.05, 0) is 19.1 Å². The summed E-state index contributed by atoms with van der Waals surface area (Å²) in [5.41, 5.74) is 0. The van der Waals surface area contributed by atoms with E-state index in [9.17, 15) is 0 Å². The Labute approximate surface area is 93.7 Å². The van der Waals surface area contributed by atoms with Crippen molar-refractivity contribution in [2.45, 2.75) is 13.0 Å². The standard InChI is InChI=1S/C10H12Cl2O2/c1-7(13-2)6-14-10-5-8(11)3-4-9(10)12/h3-5,7H,6H2,1-2H3. The monoisotopic (exact) mass is 234 g/mol. The van der Waals surface area contributed by atoms with Crippen LogP contribution in [-0.4, -0.2) is 19.8 Å². The Morgan fingerprint density at radius 3 is 2.71 bits per heavy atom. The first-order valence-corrected chi connectivity index (χ1v) is 4.99. The predicted molar refractivity (Wildman–Crippen MR) is 58.4 cm³/mol. The van der Waals surface area contributed by atoms with Gasteiger partial charge in [-0.15, -0.1) is 0 Å². The zero-order chi connectivity index (χ0) is 10.6. The lowest BCUT2D eigenvalue weighted by Crippen LogP contribution is -2.16. The molecule has 1 aromatic carbocycles. The number of halogens is 2. The molecular weight excluding hydrogens is 223 g/mol. The van der Waals surface area contributed by atoms with Crippen molar-refractivity contribution >= 4 is 23.2 Å². The molecule has 0 saturated carbocycles. The molecule has 4 heteroatoms. The molecule has 2 nitrogen and oxygen atoms in total. The van der Waals surface area contributed by atoms with Crippen molar-refractivity contribution in [1.29, 1.82) is 0 Å². The molecule has 14 heavy (non-hydrogen) atoms. The lowest BCUT2D eigenvalue weighted by molar-refractivity contribution is 0.0717. The second-order valence-electron chi connectivity index (χ2n) is 2.93. The third-order valence-corrected chi connectivity index (χ3v) is 2.32. The van der Waals surface area contributed by atoms with E-state index in [0.717, 1.165) is 0 Å². The smallest absolute Gasteiger partial charge is 0.139 e. The van der Waals surface area contributed by atoms with Gasteiger partial charge in [0, 0.05) is 18.2 Å². The van der Waals surface area contributed by atoms with Crippen LogP contribution in [0.4, 0.5) is 0 Å². The first kappa shape index (κ1) is 11.6. The molecule has 0 amide bonds. The van der Waals surface area contributed by atoms with E-state index in [1.807, 2.05) is 6.92 Å². The summed E-state index contributed by atoms with van der Waals surface area (Å²) in [6, 6.07) is 5.11. The molecule has 78 valence electrons. The van der Waals surface area contributed by atoms with E-state index in [2.05, 4.69) is 0 Å². The van der Waals surface area contributed by atoms with Crippen molar-refractivity contribution < 1.29 is 9.47 Å². The lowest BCUT2D eigenvalue weighted by atomic mass is 10.3. The van der Waals surface area contributed by atoms with Crippen molar-refractivity contribution in [3.63, 3.8) is 0 Å². The minimum Gasteiger partial charge on any atom is -0.489 e. The van der Waals surface area contributed by atoms with E-state index in [1.165, 1.54) is 0 Å². The Balaban J connectivity index is 2.62. The molecule has 0 fully saturated rings. The summed E-state index contributed by atoms with van der Waals surface area (Å²) in [6.07, 6.45) is 0.0325. The van der Waals surface area contributed by atoms with Crippen LogP contribution in [0.3, 0.4) is 0 Å². The number of methoxy groups -OCH3 is 1. The quantitative estimate of drug-likeness (QED) is 0.796. The molecule has 1 unspecified atom stereocenters. The van der Waals surface area contributed by atoms with E-state index < -0.39 is 0 Å². The van der Waals surface area contributed by atoms with Crippen molar-refractivity contribution in [2.75, 3.05) is 13.7 Å². The molecule has 0 bridgehead atoms. The Hall–Kier alpha value is -0.440. The maximum absolute atomic E-state index is 5.90. The molecule has 1 aromatic rings. The summed E-state index contributed by atoms with van der Waals surface area (Å²) >= 11 is 11.7. The van der Waals surface area contributed by atoms with E-state index in [-0.39, 0.29) is 6.10 Å². The molecule has 0 N–H and O–H groups in total. The predicted octanol–water partition coefficient (Wildman–Crippen LogP) is 3.41. The maximum Gasteiger partial charge on any atom is 0.139 e. The highest BCUT2D eigenvalue weighted by Crippen LogP contribution is 2.27. The van der Waals surface area contributed by atoms with Gasteiger partial charge < -0.3 is 9.47 Å². The Morgan fingerprint density at radius 1 is 1.36 bits per heavy atom. The van der Waals surface area contributed by atoms with Crippen LogP contribution in [0.2, 0.25) is 10.0 Å². The van der Waals surface area contributed by atoms with Gasteiger partial charge >= 0.3 is 0 Å². The molecule has 0 heterocycles. The van der Waals surface area contributed by atoms with E-state index in [0.29, 0.717) is 22.4 Å². The minimum absolute atomic E-state index is 0.0325. The van der Waals surface area contributed by atoms with Gasteiger partial charge in [0.25, 0.3) is 0 Å². The highest BCUT2D eigenvalue weighted by Gasteiger charge is 2.05. The number of rotatable bonds is 4. The minimum atomic E-state index is 0.0325. The van der Waals surface area contributed by atoms with Gasteiger partial charge in [0.15, 0.2) is 0 Å². The average molecular weight is 235 g/mol. The molecular formula is C10H12Cl2O2. The fourth-order valence-electron chi connectivity index (χ4n) is 0.863. The third kappa shape index (κ3) is 3.37. The number of hydrogen-bond acceptors (Lipinski definition) is 2. The Morgan fingerprint density at radius 2 is 2.07 bits per heavy atom. The van der Waals surface area contributed by atoms with Crippen molar-refractivity contribution in [1.82, 2.24) is 0 Å². The molecule has 0 aliphatic carbocycles. The van der Waals surface area contributed by atoms with Crippen LogP contribution in [0.25, 0.3) is 0 Å². The van der Waals surface area contributed by atoms with Crippen LogP contribution < -0.4 is 4.74 Å². The normalized spacial score (nSPS) is 12.6. The maximum atomic E-state index is 5.90. The SMILES string of the molecule is COC(C)COc1cc(Cl)ccc1Cl. The number of benzene rings is 1. The summed E-state index contributed by atoms with van der Waals surface area (Å²) in [7, 11) is 1.63. The van der Waals surface area contributed by atoms with Gasteiger partial charge in [0.2, 0.25) is 0 Å². The summed E-state index contributed by atoms with van der Waals surface area (Å²) < 4.78 is 10.5. The number of ether oxygens (including phenoxy) is 2. The highest BCUT2D eigenvalue weighted by molar-refractivity contribution is 6.34. The Kier molecular flexibility index (Phi) is 4.52. The second-order valence-corrected chi connectivity index (χ2v) is 3.78. The van der Waals surface area contributed by atoms with Gasteiger partial charge in [-0.25, -0.2) is 0 Å². The Bertz CT molecular complexity index is 302. The lowest BCUT2D eigenvalue weighted by Gasteiger charge is -2.12. The molecule has 0 aromatic heterocycles. The topological polar surface area (TPSA) is 18.5 Å². The van der Waals surface area contributed by atoms with E-state index in [4.69, 9.17) is 32.7 Å². The van der Waals surface area contributed by atoms with Crippen molar-refractivity contribution in [3.8, 4) is 5.75 Å². The van der Waals surface area contributed by atoms with Crippen LogP contribution in [0.5, 0.6) is 5.75 Å². The molecule has 0 radical (unpaired) electrons. The van der Waals surface area contributed by atoms with Gasteiger partial charge in [0.1, 0.15) is 12.4 Å². The van der Waals surface area contributed by atoms with Crippen molar-refractivity contribution in [3.05, 3.63) is 28.2 Å². The van der Waals surface area contributed by atoms with Gasteiger partial charge in [-0.3, -0.25) is 0 Å². The van der Waals surface area contributed by atoms with Gasteiger partial charge in [0.05, 0.1) is 11.1 Å². The first-order chi connectivity index (χ1) is 6.63. The molecule has 1 rings (SSSR count). The number of hydrogen-bond donors (Lipinski definition) is 0. The van der Waals surface area contributed by atoms with Gasteiger partial charge in [-0.2, -0.15) is 0 Å². The largest absolute Gasteiger partial charge is 0.489 e. The third-order valence-electron chi connectivity index (χ3n) is 1.77. The molecule has 0 spiro atoms. The zero-order valence-electron chi connectivity index (χ0n) is 8.09. The molecule has 0 saturated heterocycles. The fourth-order valence-corrected chi connectivity index (χ4v) is 1.20. The summed E-state index contributed by atoms with van der Waals surface area (Å²) in [5.74, 6) is 0.586. The summed E-state index contributed by atoms with van der Waals surface area (Å²) in [6.45, 7) is 2.37. The molecule has 0 aliphatic rings. The summed E-state index contributed by atoms with van der Waals surface area (Å²) in [5, 5.41) is 1.16. The average Bonchev–Trinajstić information content (AvgIpc) is 2.19. The fraction of sp³-hybridized carbons (Fsp3) is 0.400. The summed E-state index contributed by atoms with van der Waals surface area (Å²) in [4.78, 5) is 0. The first-order valence-electron chi connectivity index (χ1n) is 4.24. The van der Waals surface area contributed by atoms with Crippen LogP contribution >= 0.6 is 23.2 Å². The van der Waals surface area contributed by atoms with Crippen molar-refractivity contribution in [2.24, 2.45) is 0 Å². The van der Waals surface area contributed by atoms with Gasteiger partial charge in [-0.1, -0.05) is 23.2 Å². The molecule has 1 atom stereocenters. The second kappa shape index (κ2) is 5.44. The van der Waals surface area contributed by atoms with Crippen LogP contribution in [0.1, 0.15) is 6.92 Å². The van der Waals surface area contributed by atoms with E-state index >= 15 is 0 Å².